The molecule has 0 amide bonds. The Labute approximate surface area is 152 Å². The van der Waals surface area contributed by atoms with Crippen LogP contribution in [0.15, 0.2) is 66.5 Å². The highest BCUT2D eigenvalue weighted by atomic mass is 19.4. The molecule has 0 saturated heterocycles. The van der Waals surface area contributed by atoms with E-state index in [1.165, 1.54) is 12.2 Å². The highest BCUT2D eigenvalue weighted by Crippen LogP contribution is 2.30. The molecule has 1 atom stereocenters. The number of benzene rings is 1. The lowest BCUT2D eigenvalue weighted by Gasteiger charge is -2.18. The molecule has 2 N–H and O–H groups in total. The van der Waals surface area contributed by atoms with Gasteiger partial charge in [0.25, 0.3) is 0 Å². The topological polar surface area (TPSA) is 62.8 Å². The Morgan fingerprint density at radius 3 is 2.63 bits per heavy atom. The number of aromatic nitrogens is 3. The first-order chi connectivity index (χ1) is 13.0. The average molecular weight is 372 g/mol. The number of nitrogens with zero attached hydrogens (tertiary/aromatic N) is 2. The maximum Gasteiger partial charge on any atom is 0.416 e. The first-order valence-electron chi connectivity index (χ1n) is 8.27. The number of halogens is 3. The van der Waals surface area contributed by atoms with Crippen LogP contribution in [0.5, 0.6) is 11.5 Å². The molecule has 0 radical (unpaired) electrons. The van der Waals surface area contributed by atoms with Crippen LogP contribution in [-0.4, -0.2) is 27.2 Å². The molecule has 5 nitrogen and oxygen atoms in total. The van der Waals surface area contributed by atoms with E-state index in [9.17, 15) is 13.2 Å². The molecule has 0 spiro atoms. The summed E-state index contributed by atoms with van der Waals surface area (Å²) in [6.07, 6.45) is 2.97. The number of nitrogens with one attached hydrogen (secondary N) is 2. The van der Waals surface area contributed by atoms with Gasteiger partial charge < -0.3 is 15.0 Å². The second-order valence-electron chi connectivity index (χ2n) is 6.05. The van der Waals surface area contributed by atoms with Gasteiger partial charge >= 0.3 is 6.18 Å². The molecule has 2 heterocycles. The molecule has 0 bridgehead atoms. The molecule has 138 valence electrons. The number of allylic oxidation sites excluding steroid dienone is 2. The fourth-order valence-corrected chi connectivity index (χ4v) is 2.78. The van der Waals surface area contributed by atoms with E-state index in [1.807, 2.05) is 12.1 Å². The zero-order chi connectivity index (χ0) is 18.9. The van der Waals surface area contributed by atoms with E-state index in [2.05, 4.69) is 20.3 Å². The molecule has 1 aliphatic rings. The maximum absolute atomic E-state index is 12.7. The summed E-state index contributed by atoms with van der Waals surface area (Å²) >= 11 is 0. The van der Waals surface area contributed by atoms with E-state index in [-0.39, 0.29) is 12.5 Å². The summed E-state index contributed by atoms with van der Waals surface area (Å²) < 4.78 is 43.7. The lowest BCUT2D eigenvalue weighted by Crippen LogP contribution is -2.21. The Morgan fingerprint density at radius 1 is 1.11 bits per heavy atom. The van der Waals surface area contributed by atoms with Crippen LogP contribution in [0.25, 0.3) is 11.0 Å². The molecule has 1 aliphatic carbocycles. The van der Waals surface area contributed by atoms with Crippen molar-refractivity contribution < 1.29 is 17.9 Å². The highest BCUT2D eigenvalue weighted by molar-refractivity contribution is 5.79. The van der Waals surface area contributed by atoms with Crippen molar-refractivity contribution in [1.29, 1.82) is 0 Å². The van der Waals surface area contributed by atoms with Crippen molar-refractivity contribution in [2.75, 3.05) is 5.32 Å². The van der Waals surface area contributed by atoms with Crippen molar-refractivity contribution in [2.24, 2.45) is 0 Å². The second-order valence-corrected chi connectivity index (χ2v) is 6.05. The fourth-order valence-electron chi connectivity index (χ4n) is 2.78. The van der Waals surface area contributed by atoms with Gasteiger partial charge in [-0.2, -0.15) is 13.2 Å². The highest BCUT2D eigenvalue weighted by Gasteiger charge is 2.32. The summed E-state index contributed by atoms with van der Waals surface area (Å²) in [5, 5.41) is 3.10. The second kappa shape index (κ2) is 6.79. The molecule has 0 saturated carbocycles. The number of imidazole rings is 1. The lowest BCUT2D eigenvalue weighted by atomic mass is 10.0. The molecule has 8 heteroatoms. The number of anilines is 1. The number of hydrogen-bond donors (Lipinski definition) is 2. The zero-order valence-electron chi connectivity index (χ0n) is 14.0. The number of pyridine rings is 1. The van der Waals surface area contributed by atoms with Crippen LogP contribution in [0.4, 0.5) is 19.1 Å². The van der Waals surface area contributed by atoms with Gasteiger partial charge in [-0.15, -0.1) is 0 Å². The van der Waals surface area contributed by atoms with Crippen molar-refractivity contribution in [3.8, 4) is 11.5 Å². The number of fused-ring (bicyclic) bond motifs is 1. The Balaban J connectivity index is 1.46. The third-order valence-corrected chi connectivity index (χ3v) is 4.09. The molecule has 1 unspecified atom stereocenters. The van der Waals surface area contributed by atoms with E-state index >= 15 is 0 Å². The Morgan fingerprint density at radius 2 is 1.93 bits per heavy atom. The number of rotatable bonds is 4. The summed E-state index contributed by atoms with van der Waals surface area (Å²) in [6.45, 7) is 0. The summed E-state index contributed by atoms with van der Waals surface area (Å²) in [5.74, 6) is 1.80. The van der Waals surface area contributed by atoms with Gasteiger partial charge in [-0.3, -0.25) is 4.98 Å². The minimum absolute atomic E-state index is 0.235. The molecular weight excluding hydrogens is 357 g/mol. The van der Waals surface area contributed by atoms with Crippen LogP contribution in [0.3, 0.4) is 0 Å². The minimum Gasteiger partial charge on any atom is -0.457 e. The van der Waals surface area contributed by atoms with Gasteiger partial charge in [0.05, 0.1) is 22.6 Å². The Bertz CT molecular complexity index is 1010. The molecule has 4 rings (SSSR count). The normalized spacial score (nSPS) is 17.0. The first kappa shape index (κ1) is 17.1. The predicted molar refractivity (Wildman–Crippen MR) is 95.7 cm³/mol. The smallest absolute Gasteiger partial charge is 0.416 e. The van der Waals surface area contributed by atoms with Crippen molar-refractivity contribution >= 4 is 17.0 Å². The minimum atomic E-state index is -4.31. The molecule has 27 heavy (non-hydrogen) atoms. The number of alkyl halides is 3. The van der Waals surface area contributed by atoms with Gasteiger partial charge in [0.2, 0.25) is 5.95 Å². The average Bonchev–Trinajstić information content (AvgIpc) is 3.04. The van der Waals surface area contributed by atoms with Crippen molar-refractivity contribution in [3.63, 3.8) is 0 Å². The fraction of sp³-hybridized carbons (Fsp3) is 0.158. The summed E-state index contributed by atoms with van der Waals surface area (Å²) in [7, 11) is 0. The molecule has 0 fully saturated rings. The van der Waals surface area contributed by atoms with Gasteiger partial charge in [-0.05, 0) is 30.7 Å². The van der Waals surface area contributed by atoms with Crippen LogP contribution in [-0.2, 0) is 0 Å². The zero-order valence-corrected chi connectivity index (χ0v) is 14.0. The van der Waals surface area contributed by atoms with Gasteiger partial charge in [0.1, 0.15) is 11.5 Å². The third kappa shape index (κ3) is 3.94. The first-order valence-corrected chi connectivity index (χ1v) is 8.27. The van der Waals surface area contributed by atoms with Gasteiger partial charge in [0.15, 0.2) is 0 Å². The summed E-state index contributed by atoms with van der Waals surface area (Å²) in [5.41, 5.74) is 0.865. The number of aromatic amines is 1. The predicted octanol–water partition coefficient (Wildman–Crippen LogP) is 4.98. The Kier molecular flexibility index (Phi) is 4.31. The summed E-state index contributed by atoms with van der Waals surface area (Å²) in [4.78, 5) is 11.5. The largest absolute Gasteiger partial charge is 0.457 e. The number of H-pyrrole nitrogens is 1. The van der Waals surface area contributed by atoms with Crippen LogP contribution in [0.1, 0.15) is 6.42 Å². The number of ether oxygens (including phenoxy) is 1. The standard InChI is InChI=1S/C19H15F3N4O/c20-19(21,22)12-1-3-13(4-2-12)24-18-25-16-6-5-15(11-17(16)26-18)27-14-7-9-23-10-8-14/h1-3,5-11,13H,4H2,(H2,24,25,26). The molecule has 2 aromatic heterocycles. The molecular formula is C19H15F3N4O. The van der Waals surface area contributed by atoms with E-state index in [0.29, 0.717) is 17.4 Å². The van der Waals surface area contributed by atoms with Crippen LogP contribution in [0.2, 0.25) is 0 Å². The maximum atomic E-state index is 12.7. The van der Waals surface area contributed by atoms with E-state index in [1.54, 1.807) is 30.6 Å². The van der Waals surface area contributed by atoms with Crippen LogP contribution >= 0.6 is 0 Å². The molecule has 1 aromatic carbocycles. The number of hydrogen-bond acceptors (Lipinski definition) is 4. The SMILES string of the molecule is FC(F)(F)C1=CCC(Nc2nc3ccc(Oc4ccncc4)cc3[nH]2)C=C1. The molecule has 3 aromatic rings. The molecule has 0 aliphatic heterocycles. The van der Waals surface area contributed by atoms with Crippen molar-refractivity contribution in [3.05, 3.63) is 66.5 Å². The van der Waals surface area contributed by atoms with E-state index in [0.717, 1.165) is 17.1 Å². The summed E-state index contributed by atoms with van der Waals surface area (Å²) in [6, 6.07) is 8.67. The van der Waals surface area contributed by atoms with Crippen LogP contribution < -0.4 is 10.1 Å². The quantitative estimate of drug-likeness (QED) is 0.678. The Hall–Kier alpha value is -3.29. The third-order valence-electron chi connectivity index (χ3n) is 4.09. The van der Waals surface area contributed by atoms with E-state index < -0.39 is 11.7 Å². The monoisotopic (exact) mass is 372 g/mol. The van der Waals surface area contributed by atoms with Crippen molar-refractivity contribution in [1.82, 2.24) is 15.0 Å². The van der Waals surface area contributed by atoms with Gasteiger partial charge in [-0.25, -0.2) is 4.98 Å². The van der Waals surface area contributed by atoms with Gasteiger partial charge in [-0.1, -0.05) is 18.2 Å². The van der Waals surface area contributed by atoms with Gasteiger partial charge in [0, 0.05) is 18.5 Å². The van der Waals surface area contributed by atoms with Crippen LogP contribution in [0, 0.1) is 0 Å². The van der Waals surface area contributed by atoms with Crippen molar-refractivity contribution in [2.45, 2.75) is 18.6 Å². The van der Waals surface area contributed by atoms with E-state index in [4.69, 9.17) is 4.74 Å². The lowest BCUT2D eigenvalue weighted by molar-refractivity contribution is -0.0886.